The van der Waals surface area contributed by atoms with Gasteiger partial charge in [0.25, 0.3) is 5.56 Å². The molecule has 0 aliphatic rings. The van der Waals surface area contributed by atoms with Crippen molar-refractivity contribution in [1.29, 1.82) is 0 Å². The molecule has 3 rings (SSSR count). The number of para-hydroxylation sites is 1. The van der Waals surface area contributed by atoms with Crippen molar-refractivity contribution in [3.63, 3.8) is 0 Å². The van der Waals surface area contributed by atoms with Gasteiger partial charge in [0.2, 0.25) is 0 Å². The first-order valence-electron chi connectivity index (χ1n) is 8.65. The molecule has 26 heavy (non-hydrogen) atoms. The van der Waals surface area contributed by atoms with Crippen LogP contribution < -0.4 is 10.9 Å². The molecule has 1 atom stereocenters. The van der Waals surface area contributed by atoms with E-state index in [0.717, 1.165) is 12.1 Å². The van der Waals surface area contributed by atoms with Crippen LogP contribution in [-0.4, -0.2) is 29.8 Å². The molecule has 0 saturated heterocycles. The minimum atomic E-state index is -0.0834. The number of benzene rings is 2. The maximum Gasteiger partial charge on any atom is 0.266 e. The Bertz CT molecular complexity index is 938. The Labute approximate surface area is 157 Å². The molecule has 0 radical (unpaired) electrons. The first-order chi connectivity index (χ1) is 12.7. The number of ether oxygens (including phenoxy) is 1. The summed E-state index contributed by atoms with van der Waals surface area (Å²) in [6, 6.07) is 14.6. The van der Waals surface area contributed by atoms with Gasteiger partial charge < -0.3 is 10.1 Å². The van der Waals surface area contributed by atoms with E-state index in [9.17, 15) is 4.79 Å². The fourth-order valence-electron chi connectivity index (χ4n) is 2.98. The van der Waals surface area contributed by atoms with Crippen LogP contribution in [0.1, 0.15) is 25.2 Å². The molecule has 0 amide bonds. The minimum absolute atomic E-state index is 0.0712. The van der Waals surface area contributed by atoms with Gasteiger partial charge in [0.1, 0.15) is 5.82 Å². The molecule has 0 unspecified atom stereocenters. The number of aromatic nitrogens is 2. The van der Waals surface area contributed by atoms with E-state index in [2.05, 4.69) is 12.2 Å². The van der Waals surface area contributed by atoms with Gasteiger partial charge in [-0.1, -0.05) is 30.7 Å². The van der Waals surface area contributed by atoms with Gasteiger partial charge in [-0.25, -0.2) is 4.98 Å². The minimum Gasteiger partial charge on any atom is -0.383 e. The second-order valence-corrected chi connectivity index (χ2v) is 6.45. The second-order valence-electron chi connectivity index (χ2n) is 6.01. The molecule has 0 aliphatic heterocycles. The molecule has 0 fully saturated rings. The summed E-state index contributed by atoms with van der Waals surface area (Å²) in [6.07, 6.45) is 0.794. The van der Waals surface area contributed by atoms with E-state index in [0.29, 0.717) is 34.9 Å². The monoisotopic (exact) mass is 371 g/mol. The topological polar surface area (TPSA) is 56.1 Å². The lowest BCUT2D eigenvalue weighted by Crippen LogP contribution is -2.32. The van der Waals surface area contributed by atoms with Gasteiger partial charge in [-0.3, -0.25) is 9.36 Å². The molecule has 0 saturated carbocycles. The van der Waals surface area contributed by atoms with E-state index in [-0.39, 0.29) is 11.6 Å². The Morgan fingerprint density at radius 2 is 1.92 bits per heavy atom. The molecule has 1 heterocycles. The molecule has 1 N–H and O–H groups in total. The van der Waals surface area contributed by atoms with Crippen LogP contribution in [0.15, 0.2) is 53.3 Å². The smallest absolute Gasteiger partial charge is 0.266 e. The molecular weight excluding hydrogens is 350 g/mol. The summed E-state index contributed by atoms with van der Waals surface area (Å²) in [5, 5.41) is 4.65. The number of rotatable bonds is 7. The summed E-state index contributed by atoms with van der Waals surface area (Å²) >= 11 is 6.02. The van der Waals surface area contributed by atoms with Gasteiger partial charge in [0.05, 0.1) is 29.2 Å². The third-order valence-corrected chi connectivity index (χ3v) is 4.56. The van der Waals surface area contributed by atoms with Crippen molar-refractivity contribution in [1.82, 2.24) is 14.9 Å². The van der Waals surface area contributed by atoms with Crippen LogP contribution in [-0.2, 0) is 4.74 Å². The fourth-order valence-corrected chi connectivity index (χ4v) is 3.10. The third kappa shape index (κ3) is 3.80. The van der Waals surface area contributed by atoms with Gasteiger partial charge in [0, 0.05) is 18.7 Å². The molecule has 2 aromatic carbocycles. The van der Waals surface area contributed by atoms with E-state index in [4.69, 9.17) is 21.3 Å². The predicted octanol–water partition coefficient (Wildman–Crippen LogP) is 3.73. The van der Waals surface area contributed by atoms with Crippen molar-refractivity contribution in [3.05, 3.63) is 69.7 Å². The summed E-state index contributed by atoms with van der Waals surface area (Å²) in [5.41, 5.74) is 1.37. The standard InChI is InChI=1S/C20H22ClN3O2/c1-3-17(22-12-13-26-2)19-23-18-7-5-4-6-16(18)20(25)24(19)15-10-8-14(21)9-11-15/h4-11,17,22H,3,12-13H2,1-2H3/t17-/m1/s1. The molecular formula is C20H22ClN3O2. The van der Waals surface area contributed by atoms with Gasteiger partial charge in [-0.2, -0.15) is 0 Å². The van der Waals surface area contributed by atoms with Crippen LogP contribution in [0.5, 0.6) is 0 Å². The van der Waals surface area contributed by atoms with E-state index >= 15 is 0 Å². The lowest BCUT2D eigenvalue weighted by atomic mass is 10.1. The molecule has 5 nitrogen and oxygen atoms in total. The van der Waals surface area contributed by atoms with Crippen molar-refractivity contribution in [3.8, 4) is 5.69 Å². The maximum atomic E-state index is 13.2. The summed E-state index contributed by atoms with van der Waals surface area (Å²) in [7, 11) is 1.67. The van der Waals surface area contributed by atoms with Crippen LogP contribution in [0.2, 0.25) is 5.02 Å². The average molecular weight is 372 g/mol. The zero-order valence-corrected chi connectivity index (χ0v) is 15.7. The van der Waals surface area contributed by atoms with E-state index in [1.54, 1.807) is 29.9 Å². The Hall–Kier alpha value is -2.21. The van der Waals surface area contributed by atoms with E-state index < -0.39 is 0 Å². The Morgan fingerprint density at radius 3 is 2.62 bits per heavy atom. The van der Waals surface area contributed by atoms with Gasteiger partial charge >= 0.3 is 0 Å². The summed E-state index contributed by atoms with van der Waals surface area (Å²) in [4.78, 5) is 18.0. The summed E-state index contributed by atoms with van der Waals surface area (Å²) in [5.74, 6) is 0.689. The molecule has 136 valence electrons. The zero-order valence-electron chi connectivity index (χ0n) is 14.9. The normalized spacial score (nSPS) is 12.4. The van der Waals surface area contributed by atoms with Crippen molar-refractivity contribution >= 4 is 22.5 Å². The van der Waals surface area contributed by atoms with Crippen molar-refractivity contribution in [2.24, 2.45) is 0 Å². The molecule has 1 aromatic heterocycles. The zero-order chi connectivity index (χ0) is 18.5. The number of methoxy groups -OCH3 is 1. The molecule has 0 spiro atoms. The highest BCUT2D eigenvalue weighted by molar-refractivity contribution is 6.30. The number of hydrogen-bond donors (Lipinski definition) is 1. The molecule has 3 aromatic rings. The number of halogens is 1. The Morgan fingerprint density at radius 1 is 1.19 bits per heavy atom. The highest BCUT2D eigenvalue weighted by Crippen LogP contribution is 2.21. The largest absolute Gasteiger partial charge is 0.383 e. The second kappa shape index (κ2) is 8.45. The van der Waals surface area contributed by atoms with E-state index in [1.807, 2.05) is 30.3 Å². The number of nitrogens with one attached hydrogen (secondary N) is 1. The lowest BCUT2D eigenvalue weighted by Gasteiger charge is -2.21. The molecule has 6 heteroatoms. The fraction of sp³-hybridized carbons (Fsp3) is 0.300. The number of hydrogen-bond acceptors (Lipinski definition) is 4. The molecule has 0 bridgehead atoms. The predicted molar refractivity (Wildman–Crippen MR) is 105 cm³/mol. The van der Waals surface area contributed by atoms with Crippen LogP contribution in [0.4, 0.5) is 0 Å². The quantitative estimate of drug-likeness (QED) is 0.643. The summed E-state index contributed by atoms with van der Waals surface area (Å²) < 4.78 is 6.80. The van der Waals surface area contributed by atoms with Crippen molar-refractivity contribution in [2.45, 2.75) is 19.4 Å². The van der Waals surface area contributed by atoms with Crippen LogP contribution >= 0.6 is 11.6 Å². The van der Waals surface area contributed by atoms with Crippen LogP contribution in [0, 0.1) is 0 Å². The molecule has 0 aliphatic carbocycles. The summed E-state index contributed by atoms with van der Waals surface area (Å²) in [6.45, 7) is 3.34. The highest BCUT2D eigenvalue weighted by atomic mass is 35.5. The van der Waals surface area contributed by atoms with Crippen molar-refractivity contribution in [2.75, 3.05) is 20.3 Å². The number of fused-ring (bicyclic) bond motifs is 1. The van der Waals surface area contributed by atoms with Gasteiger partial charge in [-0.15, -0.1) is 0 Å². The van der Waals surface area contributed by atoms with Gasteiger partial charge in [-0.05, 0) is 42.8 Å². The average Bonchev–Trinajstić information content (AvgIpc) is 2.66. The van der Waals surface area contributed by atoms with E-state index in [1.165, 1.54) is 0 Å². The third-order valence-electron chi connectivity index (χ3n) is 4.30. The SMILES string of the molecule is CC[C@@H](NCCOC)c1nc2ccccc2c(=O)n1-c1ccc(Cl)cc1. The lowest BCUT2D eigenvalue weighted by molar-refractivity contribution is 0.194. The van der Waals surface area contributed by atoms with Crippen LogP contribution in [0.3, 0.4) is 0 Å². The number of nitrogens with zero attached hydrogens (tertiary/aromatic N) is 2. The first kappa shape index (κ1) is 18.6. The first-order valence-corrected chi connectivity index (χ1v) is 9.03. The Balaban J connectivity index is 2.20. The maximum absolute atomic E-state index is 13.2. The highest BCUT2D eigenvalue weighted by Gasteiger charge is 2.19. The van der Waals surface area contributed by atoms with Crippen LogP contribution in [0.25, 0.3) is 16.6 Å². The van der Waals surface area contributed by atoms with Crippen molar-refractivity contribution < 1.29 is 4.74 Å². The Kier molecular flexibility index (Phi) is 6.04. The van der Waals surface area contributed by atoms with Gasteiger partial charge in [0.15, 0.2) is 0 Å².